The van der Waals surface area contributed by atoms with E-state index in [9.17, 15) is 5.11 Å². The number of aromatic hydroxyl groups is 1. The fourth-order valence-corrected chi connectivity index (χ4v) is 1.24. The highest BCUT2D eigenvalue weighted by molar-refractivity contribution is 5.95. The zero-order valence-electron chi connectivity index (χ0n) is 6.36. The van der Waals surface area contributed by atoms with E-state index in [4.69, 9.17) is 5.73 Å². The summed E-state index contributed by atoms with van der Waals surface area (Å²) in [5.74, 6) is 0.545. The number of nitrogens with zero attached hydrogens (tertiary/aromatic N) is 1. The van der Waals surface area contributed by atoms with Crippen LogP contribution < -0.4 is 5.73 Å². The summed E-state index contributed by atoms with van der Waals surface area (Å²) >= 11 is 0. The van der Waals surface area contributed by atoms with Crippen molar-refractivity contribution < 1.29 is 5.11 Å². The van der Waals surface area contributed by atoms with E-state index in [1.165, 1.54) is 0 Å². The molecule has 0 bridgehead atoms. The third kappa shape index (κ3) is 0.871. The average Bonchev–Trinajstić information content (AvgIpc) is 2.04. The molecule has 0 amide bonds. The molecule has 1 aromatic carbocycles. The zero-order valence-corrected chi connectivity index (χ0v) is 6.36. The first-order chi connectivity index (χ1) is 5.79. The molecule has 3 N–H and O–H groups in total. The number of phenolic OH excluding ortho intramolecular Hbond substituents is 1. The van der Waals surface area contributed by atoms with Gasteiger partial charge in [0.2, 0.25) is 0 Å². The number of nitrogen functional groups attached to an aromatic ring is 1. The number of nitrogens with two attached hydrogens (primary N) is 1. The van der Waals surface area contributed by atoms with Gasteiger partial charge in [0, 0.05) is 6.20 Å². The highest BCUT2D eigenvalue weighted by Crippen LogP contribution is 2.27. The van der Waals surface area contributed by atoms with Crippen LogP contribution in [0, 0.1) is 0 Å². The largest absolute Gasteiger partial charge is 0.507 e. The number of rotatable bonds is 0. The number of benzene rings is 1. The summed E-state index contributed by atoms with van der Waals surface area (Å²) in [6.07, 6.45) is 1.62. The molecule has 12 heavy (non-hydrogen) atoms. The summed E-state index contributed by atoms with van der Waals surface area (Å²) in [5.41, 5.74) is 5.59. The lowest BCUT2D eigenvalue weighted by molar-refractivity contribution is 0.482. The summed E-state index contributed by atoms with van der Waals surface area (Å²) in [4.78, 5) is 3.89. The van der Waals surface area contributed by atoms with Crippen molar-refractivity contribution in [1.82, 2.24) is 4.98 Å². The molecule has 0 spiro atoms. The topological polar surface area (TPSA) is 59.1 Å². The van der Waals surface area contributed by atoms with Crippen LogP contribution in [0.5, 0.6) is 5.75 Å². The van der Waals surface area contributed by atoms with E-state index >= 15 is 0 Å². The quantitative estimate of drug-likeness (QED) is 0.614. The highest BCUT2D eigenvalue weighted by atomic mass is 16.3. The molecule has 0 saturated heterocycles. The standard InChI is InChI=1S/C9H8N2O/c10-9-8-6(4-5-11-9)2-1-3-7(8)12/h1-5,12H,(H2,10,11). The second kappa shape index (κ2) is 2.37. The molecule has 0 fully saturated rings. The number of pyridine rings is 1. The summed E-state index contributed by atoms with van der Waals surface area (Å²) in [6.45, 7) is 0. The van der Waals surface area contributed by atoms with Gasteiger partial charge < -0.3 is 10.8 Å². The summed E-state index contributed by atoms with van der Waals surface area (Å²) in [7, 11) is 0. The van der Waals surface area contributed by atoms with E-state index < -0.39 is 0 Å². The van der Waals surface area contributed by atoms with E-state index in [0.717, 1.165) is 5.39 Å². The number of hydrogen-bond acceptors (Lipinski definition) is 3. The average molecular weight is 160 g/mol. The first-order valence-corrected chi connectivity index (χ1v) is 3.61. The maximum absolute atomic E-state index is 9.43. The van der Waals surface area contributed by atoms with E-state index in [1.807, 2.05) is 12.1 Å². The van der Waals surface area contributed by atoms with Crippen molar-refractivity contribution in [3.8, 4) is 5.75 Å². The summed E-state index contributed by atoms with van der Waals surface area (Å²) < 4.78 is 0. The van der Waals surface area contributed by atoms with Crippen LogP contribution in [0.3, 0.4) is 0 Å². The van der Waals surface area contributed by atoms with Gasteiger partial charge >= 0.3 is 0 Å². The Bertz CT molecular complexity index is 389. The van der Waals surface area contributed by atoms with Gasteiger partial charge in [0.25, 0.3) is 0 Å². The molecule has 2 aromatic rings. The van der Waals surface area contributed by atoms with Gasteiger partial charge in [-0.05, 0) is 17.5 Å². The van der Waals surface area contributed by atoms with Gasteiger partial charge in [-0.25, -0.2) is 4.98 Å². The molecular formula is C9H8N2O. The van der Waals surface area contributed by atoms with Gasteiger partial charge in [-0.3, -0.25) is 0 Å². The molecule has 3 nitrogen and oxygen atoms in total. The number of aromatic nitrogens is 1. The molecule has 0 aliphatic carbocycles. The number of fused-ring (bicyclic) bond motifs is 1. The van der Waals surface area contributed by atoms with E-state index in [1.54, 1.807) is 18.3 Å². The summed E-state index contributed by atoms with van der Waals surface area (Å²) in [6, 6.07) is 7.07. The molecule has 1 aromatic heterocycles. The van der Waals surface area contributed by atoms with Crippen molar-refractivity contribution in [1.29, 1.82) is 0 Å². The molecule has 0 unspecified atom stereocenters. The Morgan fingerprint density at radius 3 is 2.83 bits per heavy atom. The van der Waals surface area contributed by atoms with Crippen LogP contribution in [-0.2, 0) is 0 Å². The molecule has 60 valence electrons. The minimum atomic E-state index is 0.179. The number of phenols is 1. The van der Waals surface area contributed by atoms with Gasteiger partial charge in [-0.1, -0.05) is 12.1 Å². The number of hydrogen-bond donors (Lipinski definition) is 2. The first kappa shape index (κ1) is 6.91. The minimum Gasteiger partial charge on any atom is -0.507 e. The van der Waals surface area contributed by atoms with E-state index in [-0.39, 0.29) is 5.75 Å². The minimum absolute atomic E-state index is 0.179. The van der Waals surface area contributed by atoms with E-state index in [0.29, 0.717) is 11.2 Å². The van der Waals surface area contributed by atoms with Gasteiger partial charge in [-0.15, -0.1) is 0 Å². The normalized spacial score (nSPS) is 10.3. The first-order valence-electron chi connectivity index (χ1n) is 3.61. The van der Waals surface area contributed by atoms with Crippen LogP contribution in [0.15, 0.2) is 30.5 Å². The van der Waals surface area contributed by atoms with E-state index in [2.05, 4.69) is 4.98 Å². The third-order valence-electron chi connectivity index (χ3n) is 1.80. The predicted molar refractivity (Wildman–Crippen MR) is 47.8 cm³/mol. The Kier molecular flexibility index (Phi) is 1.37. The zero-order chi connectivity index (χ0) is 8.55. The Balaban J connectivity index is 2.96. The highest BCUT2D eigenvalue weighted by Gasteiger charge is 2.01. The van der Waals surface area contributed by atoms with Gasteiger partial charge in [0.05, 0.1) is 5.39 Å². The Labute approximate surface area is 69.5 Å². The SMILES string of the molecule is Nc1nccc2cccc(O)c12. The molecule has 0 atom stereocenters. The second-order valence-electron chi connectivity index (χ2n) is 2.57. The van der Waals surface area contributed by atoms with Crippen molar-refractivity contribution in [2.24, 2.45) is 0 Å². The third-order valence-corrected chi connectivity index (χ3v) is 1.80. The van der Waals surface area contributed by atoms with Gasteiger partial charge in [0.1, 0.15) is 11.6 Å². The molecular weight excluding hydrogens is 152 g/mol. The maximum Gasteiger partial charge on any atom is 0.134 e. The molecule has 1 heterocycles. The van der Waals surface area contributed by atoms with Gasteiger partial charge in [0.15, 0.2) is 0 Å². The maximum atomic E-state index is 9.43. The smallest absolute Gasteiger partial charge is 0.134 e. The predicted octanol–water partition coefficient (Wildman–Crippen LogP) is 1.52. The van der Waals surface area contributed by atoms with Crippen LogP contribution in [-0.4, -0.2) is 10.1 Å². The van der Waals surface area contributed by atoms with Crippen LogP contribution in [0.1, 0.15) is 0 Å². The fourth-order valence-electron chi connectivity index (χ4n) is 1.24. The second-order valence-corrected chi connectivity index (χ2v) is 2.57. The molecule has 2 rings (SSSR count). The van der Waals surface area contributed by atoms with Crippen molar-refractivity contribution in [2.45, 2.75) is 0 Å². The lowest BCUT2D eigenvalue weighted by Gasteiger charge is -2.01. The Hall–Kier alpha value is -1.77. The molecule has 0 saturated carbocycles. The lowest BCUT2D eigenvalue weighted by Crippen LogP contribution is -1.90. The van der Waals surface area contributed by atoms with Gasteiger partial charge in [-0.2, -0.15) is 0 Å². The lowest BCUT2D eigenvalue weighted by atomic mass is 10.1. The molecule has 0 radical (unpaired) electrons. The van der Waals surface area contributed by atoms with Crippen LogP contribution in [0.25, 0.3) is 10.8 Å². The fraction of sp³-hybridized carbons (Fsp3) is 0. The van der Waals surface area contributed by atoms with Crippen molar-refractivity contribution >= 4 is 16.6 Å². The monoisotopic (exact) mass is 160 g/mol. The Morgan fingerprint density at radius 1 is 1.25 bits per heavy atom. The van der Waals surface area contributed by atoms with Crippen molar-refractivity contribution in [2.75, 3.05) is 5.73 Å². The molecule has 3 heteroatoms. The number of anilines is 1. The van der Waals surface area contributed by atoms with Crippen LogP contribution in [0.2, 0.25) is 0 Å². The van der Waals surface area contributed by atoms with Crippen molar-refractivity contribution in [3.05, 3.63) is 30.5 Å². The van der Waals surface area contributed by atoms with Crippen LogP contribution in [0.4, 0.5) is 5.82 Å². The van der Waals surface area contributed by atoms with Crippen molar-refractivity contribution in [3.63, 3.8) is 0 Å². The molecule has 0 aliphatic rings. The Morgan fingerprint density at radius 2 is 2.08 bits per heavy atom. The van der Waals surface area contributed by atoms with Crippen LogP contribution >= 0.6 is 0 Å². The summed E-state index contributed by atoms with van der Waals surface area (Å²) in [5, 5.41) is 11.0. The molecule has 0 aliphatic heterocycles.